The highest BCUT2D eigenvalue weighted by Crippen LogP contribution is 2.37. The molecule has 1 aliphatic heterocycles. The molecule has 0 aliphatic carbocycles. The second kappa shape index (κ2) is 24.8. The molecular weight excluding hydrogens is 671 g/mol. The number of hydrogen-bond acceptors (Lipinski definition) is 7. The SMILES string of the molecule is CCCCCCC(CCCCCC)C(C)C(=O)OCC(C)(C)CN1C(=O)CC(SCC(CC(C)OC(=O)C(C)(C)C(CC)CCCC)C(C)C)C1=O. The second-order valence-corrected chi connectivity index (χ2v) is 19.0. The third-order valence-electron chi connectivity index (χ3n) is 11.7. The third-order valence-corrected chi connectivity index (χ3v) is 13.1. The largest absolute Gasteiger partial charge is 0.465 e. The Kier molecular flexibility index (Phi) is 23.1. The van der Waals surface area contributed by atoms with Gasteiger partial charge < -0.3 is 9.47 Å². The average Bonchev–Trinajstić information content (AvgIpc) is 3.34. The van der Waals surface area contributed by atoms with Gasteiger partial charge in [-0.3, -0.25) is 24.1 Å². The molecule has 1 aliphatic rings. The van der Waals surface area contributed by atoms with Crippen molar-refractivity contribution in [2.75, 3.05) is 18.9 Å². The second-order valence-electron chi connectivity index (χ2n) is 17.8. The van der Waals surface area contributed by atoms with Crippen molar-refractivity contribution in [1.29, 1.82) is 0 Å². The zero-order valence-corrected chi connectivity index (χ0v) is 36.6. The Balaban J connectivity index is 2.75. The first-order valence-corrected chi connectivity index (χ1v) is 22.3. The van der Waals surface area contributed by atoms with E-state index in [1.54, 1.807) is 11.8 Å². The number of nitrogens with zero attached hydrogens (tertiary/aromatic N) is 1. The highest BCUT2D eigenvalue weighted by atomic mass is 32.2. The topological polar surface area (TPSA) is 90.0 Å². The Hall–Kier alpha value is -1.57. The molecule has 0 aromatic carbocycles. The number of carbonyl (C=O) groups is 4. The smallest absolute Gasteiger partial charge is 0.312 e. The van der Waals surface area contributed by atoms with Crippen molar-refractivity contribution in [2.45, 2.75) is 197 Å². The van der Waals surface area contributed by atoms with Gasteiger partial charge in [0.2, 0.25) is 11.8 Å². The summed E-state index contributed by atoms with van der Waals surface area (Å²) in [5.74, 6) is 1.13. The van der Waals surface area contributed by atoms with Gasteiger partial charge in [0.15, 0.2) is 0 Å². The maximum absolute atomic E-state index is 13.6. The van der Waals surface area contributed by atoms with Crippen LogP contribution in [0.5, 0.6) is 0 Å². The Bertz CT molecular complexity index is 1050. The first kappa shape index (κ1) is 48.4. The normalized spacial score (nSPS) is 17.9. The minimum absolute atomic E-state index is 0.127. The highest BCUT2D eigenvalue weighted by Gasteiger charge is 2.42. The Morgan fingerprint density at radius 1 is 0.808 bits per heavy atom. The average molecular weight is 752 g/mol. The number of hydrogen-bond donors (Lipinski definition) is 0. The molecule has 1 fully saturated rings. The summed E-state index contributed by atoms with van der Waals surface area (Å²) in [5.41, 5.74) is -1.09. The van der Waals surface area contributed by atoms with Crippen LogP contribution in [0.3, 0.4) is 0 Å². The van der Waals surface area contributed by atoms with E-state index in [4.69, 9.17) is 9.47 Å². The van der Waals surface area contributed by atoms with Crippen LogP contribution in [0, 0.1) is 40.4 Å². The summed E-state index contributed by atoms with van der Waals surface area (Å²) < 4.78 is 12.0. The monoisotopic (exact) mass is 752 g/mol. The first-order valence-electron chi connectivity index (χ1n) is 21.3. The van der Waals surface area contributed by atoms with E-state index in [0.717, 1.165) is 51.4 Å². The summed E-state index contributed by atoms with van der Waals surface area (Å²) >= 11 is 1.55. The predicted octanol–water partition coefficient (Wildman–Crippen LogP) is 11.4. The van der Waals surface area contributed by atoms with Crippen LogP contribution < -0.4 is 0 Å². The molecule has 0 saturated carbocycles. The van der Waals surface area contributed by atoms with Gasteiger partial charge in [0.05, 0.1) is 29.3 Å². The van der Waals surface area contributed by atoms with Crippen molar-refractivity contribution in [1.82, 2.24) is 4.90 Å². The van der Waals surface area contributed by atoms with Crippen LogP contribution in [0.25, 0.3) is 0 Å². The molecule has 304 valence electrons. The maximum Gasteiger partial charge on any atom is 0.312 e. The molecule has 8 heteroatoms. The highest BCUT2D eigenvalue weighted by molar-refractivity contribution is 8.00. The van der Waals surface area contributed by atoms with E-state index in [0.29, 0.717) is 29.9 Å². The fourth-order valence-corrected chi connectivity index (χ4v) is 9.13. The molecule has 5 unspecified atom stereocenters. The molecule has 0 aromatic rings. The maximum atomic E-state index is 13.6. The molecule has 0 spiro atoms. The molecule has 1 saturated heterocycles. The molecule has 0 aromatic heterocycles. The van der Waals surface area contributed by atoms with Crippen LogP contribution in [0.1, 0.15) is 186 Å². The standard InChI is InChI=1S/C44H81NO6S/c1-13-17-20-22-24-35(25-23-21-18-14-2)34(8)41(48)50-31-43(9,10)30-45-39(46)28-38(40(45)47)52-29-36(32(5)6)27-33(7)51-42(49)44(11,12)37(16-4)26-19-15-3/h32-38H,13-31H2,1-12H3. The number of thioether (sulfide) groups is 1. The lowest BCUT2D eigenvalue weighted by molar-refractivity contribution is -0.163. The van der Waals surface area contributed by atoms with Crippen LogP contribution in [0.4, 0.5) is 0 Å². The molecule has 7 nitrogen and oxygen atoms in total. The first-order chi connectivity index (χ1) is 24.4. The number of unbranched alkanes of at least 4 members (excludes halogenated alkanes) is 7. The van der Waals surface area contributed by atoms with Crippen LogP contribution in [-0.2, 0) is 28.7 Å². The van der Waals surface area contributed by atoms with Crippen LogP contribution in [0.15, 0.2) is 0 Å². The van der Waals surface area contributed by atoms with Crippen LogP contribution in [0.2, 0.25) is 0 Å². The molecule has 0 radical (unpaired) electrons. The zero-order valence-electron chi connectivity index (χ0n) is 35.8. The fraction of sp³-hybridized carbons (Fsp3) is 0.909. The third kappa shape index (κ3) is 16.8. The van der Waals surface area contributed by atoms with E-state index < -0.39 is 16.1 Å². The van der Waals surface area contributed by atoms with Gasteiger partial charge in [-0.1, -0.05) is 133 Å². The van der Waals surface area contributed by atoms with E-state index in [2.05, 4.69) is 41.5 Å². The molecule has 52 heavy (non-hydrogen) atoms. The van der Waals surface area contributed by atoms with E-state index >= 15 is 0 Å². The van der Waals surface area contributed by atoms with Gasteiger partial charge in [0.1, 0.15) is 0 Å². The quantitative estimate of drug-likeness (QED) is 0.0427. The van der Waals surface area contributed by atoms with Gasteiger partial charge in [-0.25, -0.2) is 0 Å². The van der Waals surface area contributed by atoms with Gasteiger partial charge in [-0.2, -0.15) is 0 Å². The number of carbonyl (C=O) groups excluding carboxylic acids is 4. The summed E-state index contributed by atoms with van der Waals surface area (Å²) in [6.07, 6.45) is 16.6. The molecule has 1 rings (SSSR count). The fourth-order valence-electron chi connectivity index (χ4n) is 7.60. The van der Waals surface area contributed by atoms with Gasteiger partial charge in [0, 0.05) is 18.4 Å². The van der Waals surface area contributed by atoms with E-state index in [-0.39, 0.29) is 61.3 Å². The number of amides is 2. The van der Waals surface area contributed by atoms with Crippen molar-refractivity contribution < 1.29 is 28.7 Å². The van der Waals surface area contributed by atoms with Crippen molar-refractivity contribution in [3.8, 4) is 0 Å². The molecule has 1 heterocycles. The molecule has 0 N–H and O–H groups in total. The molecule has 2 amide bonds. The summed E-state index contributed by atoms with van der Waals surface area (Å²) in [6.45, 7) is 25.5. The van der Waals surface area contributed by atoms with Gasteiger partial charge in [-0.05, 0) is 75.9 Å². The number of esters is 2. The minimum Gasteiger partial charge on any atom is -0.465 e. The van der Waals surface area contributed by atoms with Gasteiger partial charge in [0.25, 0.3) is 0 Å². The van der Waals surface area contributed by atoms with Crippen LogP contribution >= 0.6 is 11.8 Å². The Labute approximate surface area is 324 Å². The van der Waals surface area contributed by atoms with E-state index in [9.17, 15) is 19.2 Å². The number of imide groups is 1. The van der Waals surface area contributed by atoms with E-state index in [1.165, 1.54) is 43.4 Å². The summed E-state index contributed by atoms with van der Waals surface area (Å²) in [7, 11) is 0. The Morgan fingerprint density at radius 2 is 1.38 bits per heavy atom. The number of likely N-dealkylation sites (tertiary alicyclic amines) is 1. The lowest BCUT2D eigenvalue weighted by atomic mass is 9.74. The number of rotatable bonds is 29. The van der Waals surface area contributed by atoms with E-state index in [1.807, 2.05) is 41.5 Å². The minimum atomic E-state index is -0.557. The lowest BCUT2D eigenvalue weighted by Crippen LogP contribution is -2.42. The van der Waals surface area contributed by atoms with Crippen molar-refractivity contribution in [2.24, 2.45) is 40.4 Å². The molecule has 0 bridgehead atoms. The molecular formula is C44H81NO6S. The predicted molar refractivity (Wildman–Crippen MR) is 218 cm³/mol. The summed E-state index contributed by atoms with van der Waals surface area (Å²) in [6, 6.07) is 0. The van der Waals surface area contributed by atoms with Gasteiger partial charge >= 0.3 is 11.9 Å². The van der Waals surface area contributed by atoms with Crippen LogP contribution in [-0.4, -0.2) is 58.9 Å². The summed E-state index contributed by atoms with van der Waals surface area (Å²) in [5, 5.41) is -0.422. The zero-order chi connectivity index (χ0) is 39.5. The van der Waals surface area contributed by atoms with Crippen molar-refractivity contribution in [3.63, 3.8) is 0 Å². The number of ether oxygens (including phenoxy) is 2. The van der Waals surface area contributed by atoms with Crippen molar-refractivity contribution >= 4 is 35.5 Å². The summed E-state index contributed by atoms with van der Waals surface area (Å²) in [4.78, 5) is 54.7. The van der Waals surface area contributed by atoms with Crippen molar-refractivity contribution in [3.05, 3.63) is 0 Å². The Morgan fingerprint density at radius 3 is 1.90 bits per heavy atom. The molecule has 5 atom stereocenters. The lowest BCUT2D eigenvalue weighted by Gasteiger charge is -2.33. The van der Waals surface area contributed by atoms with Gasteiger partial charge in [-0.15, -0.1) is 11.8 Å².